The number of rotatable bonds is 5. The maximum atomic E-state index is 14.0. The lowest BCUT2D eigenvalue weighted by Crippen LogP contribution is -2.48. The Morgan fingerprint density at radius 1 is 1.03 bits per heavy atom. The minimum atomic E-state index is -4.42. The van der Waals surface area contributed by atoms with E-state index in [1.54, 1.807) is 4.90 Å². The quantitative estimate of drug-likeness (QED) is 0.506. The zero-order chi connectivity index (χ0) is 24.3. The van der Waals surface area contributed by atoms with Crippen LogP contribution in [0.25, 0.3) is 0 Å². The second kappa shape index (κ2) is 10.0. The molecule has 0 bridgehead atoms. The van der Waals surface area contributed by atoms with Crippen LogP contribution >= 0.6 is 11.8 Å². The highest BCUT2D eigenvalue weighted by Gasteiger charge is 2.30. The number of hydrogen-bond donors (Lipinski definition) is 1. The fraction of sp³-hybridized carbons (Fsp3) is 0.250. The minimum Gasteiger partial charge on any atom is -0.508 e. The third-order valence-electron chi connectivity index (χ3n) is 5.43. The SMILES string of the molecule is O=C(c1cc(O)ccc1F)N1CCN(Cc2cccc(Sc3cc(C(F)(F)F)ccn3)c2)CC1. The fourth-order valence-electron chi connectivity index (χ4n) is 3.68. The highest BCUT2D eigenvalue weighted by molar-refractivity contribution is 7.99. The molecule has 0 unspecified atom stereocenters. The summed E-state index contributed by atoms with van der Waals surface area (Å²) in [4.78, 5) is 21.1. The van der Waals surface area contributed by atoms with E-state index < -0.39 is 23.5 Å². The molecule has 3 aromatic rings. The number of piperazine rings is 1. The van der Waals surface area contributed by atoms with Gasteiger partial charge in [-0.05, 0) is 48.0 Å². The van der Waals surface area contributed by atoms with Crippen LogP contribution in [0.4, 0.5) is 17.6 Å². The molecule has 1 aliphatic heterocycles. The first-order chi connectivity index (χ1) is 16.2. The van der Waals surface area contributed by atoms with Gasteiger partial charge < -0.3 is 10.0 Å². The maximum absolute atomic E-state index is 14.0. The van der Waals surface area contributed by atoms with Crippen molar-refractivity contribution in [2.45, 2.75) is 22.6 Å². The average Bonchev–Trinajstić information content (AvgIpc) is 2.81. The summed E-state index contributed by atoms with van der Waals surface area (Å²) >= 11 is 1.16. The van der Waals surface area contributed by atoms with Crippen LogP contribution < -0.4 is 0 Å². The molecule has 1 N–H and O–H groups in total. The lowest BCUT2D eigenvalue weighted by molar-refractivity contribution is -0.137. The third-order valence-corrected chi connectivity index (χ3v) is 6.35. The number of carbonyl (C=O) groups is 1. The largest absolute Gasteiger partial charge is 0.508 e. The molecule has 2 heterocycles. The van der Waals surface area contributed by atoms with Gasteiger partial charge in [0.25, 0.3) is 5.91 Å². The molecule has 1 fully saturated rings. The average molecular weight is 492 g/mol. The molecule has 0 radical (unpaired) electrons. The lowest BCUT2D eigenvalue weighted by atomic mass is 10.1. The Hall–Kier alpha value is -3.11. The first kappa shape index (κ1) is 24.0. The van der Waals surface area contributed by atoms with Gasteiger partial charge in [0.15, 0.2) is 0 Å². The van der Waals surface area contributed by atoms with Gasteiger partial charge >= 0.3 is 6.18 Å². The van der Waals surface area contributed by atoms with Gasteiger partial charge in [-0.25, -0.2) is 9.37 Å². The summed E-state index contributed by atoms with van der Waals surface area (Å²) in [5.41, 5.74) is 0.0938. The van der Waals surface area contributed by atoms with Crippen LogP contribution in [-0.4, -0.2) is 52.0 Å². The summed E-state index contributed by atoms with van der Waals surface area (Å²) in [5, 5.41) is 9.82. The molecule has 5 nitrogen and oxygen atoms in total. The van der Waals surface area contributed by atoms with E-state index in [1.807, 2.05) is 24.3 Å². The molecule has 1 saturated heterocycles. The smallest absolute Gasteiger partial charge is 0.416 e. The summed E-state index contributed by atoms with van der Waals surface area (Å²) in [6, 6.07) is 12.9. The van der Waals surface area contributed by atoms with E-state index in [1.165, 1.54) is 6.07 Å². The van der Waals surface area contributed by atoms with Gasteiger partial charge in [-0.1, -0.05) is 23.9 Å². The Kier molecular flexibility index (Phi) is 7.08. The second-order valence-corrected chi connectivity index (χ2v) is 8.96. The Morgan fingerprint density at radius 3 is 2.53 bits per heavy atom. The molecular weight excluding hydrogens is 470 g/mol. The highest BCUT2D eigenvalue weighted by atomic mass is 32.2. The Labute approximate surface area is 198 Å². The number of benzene rings is 2. The predicted molar refractivity (Wildman–Crippen MR) is 119 cm³/mol. The standard InChI is InChI=1S/C24H21F4N3O2S/c25-21-5-4-18(32)14-20(21)23(33)31-10-8-30(9-11-31)15-16-2-1-3-19(12-16)34-22-13-17(6-7-29-22)24(26,27)28/h1-7,12-14,32H,8-11,15H2. The normalized spacial score (nSPS) is 14.9. The number of hydrogen-bond acceptors (Lipinski definition) is 5. The van der Waals surface area contributed by atoms with Crippen molar-refractivity contribution in [3.63, 3.8) is 0 Å². The number of amides is 1. The molecule has 1 amide bonds. The fourth-order valence-corrected chi connectivity index (χ4v) is 4.58. The molecule has 10 heteroatoms. The van der Waals surface area contributed by atoms with Gasteiger partial charge in [-0.3, -0.25) is 9.69 Å². The minimum absolute atomic E-state index is 0.152. The van der Waals surface area contributed by atoms with E-state index in [-0.39, 0.29) is 16.3 Å². The predicted octanol–water partition coefficient (Wildman–Crippen LogP) is 5.05. The molecule has 0 aliphatic carbocycles. The first-order valence-electron chi connectivity index (χ1n) is 10.5. The van der Waals surface area contributed by atoms with Crippen molar-refractivity contribution >= 4 is 17.7 Å². The van der Waals surface area contributed by atoms with Crippen molar-refractivity contribution in [1.82, 2.24) is 14.8 Å². The van der Waals surface area contributed by atoms with Gasteiger partial charge in [0.05, 0.1) is 11.1 Å². The number of carbonyl (C=O) groups excluding carboxylic acids is 1. The molecule has 4 rings (SSSR count). The lowest BCUT2D eigenvalue weighted by Gasteiger charge is -2.35. The van der Waals surface area contributed by atoms with Crippen molar-refractivity contribution in [3.05, 3.63) is 83.3 Å². The first-order valence-corrected chi connectivity index (χ1v) is 11.3. The highest BCUT2D eigenvalue weighted by Crippen LogP contribution is 2.33. The summed E-state index contributed by atoms with van der Waals surface area (Å²) in [7, 11) is 0. The van der Waals surface area contributed by atoms with Gasteiger partial charge in [-0.15, -0.1) is 0 Å². The van der Waals surface area contributed by atoms with Crippen LogP contribution in [0.2, 0.25) is 0 Å². The van der Waals surface area contributed by atoms with Crippen LogP contribution in [0.3, 0.4) is 0 Å². The Bertz CT molecular complexity index is 1180. The number of nitrogens with zero attached hydrogens (tertiary/aromatic N) is 3. The van der Waals surface area contributed by atoms with Gasteiger partial charge in [0.1, 0.15) is 16.6 Å². The number of halogens is 4. The summed E-state index contributed by atoms with van der Waals surface area (Å²) in [6.45, 7) is 2.59. The molecule has 1 aromatic heterocycles. The monoisotopic (exact) mass is 491 g/mol. The summed E-state index contributed by atoms with van der Waals surface area (Å²) < 4.78 is 52.8. The molecular formula is C24H21F4N3O2S. The van der Waals surface area contributed by atoms with Crippen LogP contribution in [0.5, 0.6) is 5.75 Å². The topological polar surface area (TPSA) is 56.7 Å². The van der Waals surface area contributed by atoms with E-state index in [9.17, 15) is 27.5 Å². The zero-order valence-electron chi connectivity index (χ0n) is 17.9. The van der Waals surface area contributed by atoms with E-state index in [0.717, 1.165) is 52.7 Å². The second-order valence-electron chi connectivity index (χ2n) is 7.86. The molecule has 1 aliphatic rings. The van der Waals surface area contributed by atoms with Gasteiger partial charge in [0.2, 0.25) is 0 Å². The molecule has 178 valence electrons. The number of pyridine rings is 1. The number of aromatic hydroxyl groups is 1. The van der Waals surface area contributed by atoms with Crippen LogP contribution in [0.1, 0.15) is 21.5 Å². The van der Waals surface area contributed by atoms with E-state index in [4.69, 9.17) is 0 Å². The van der Waals surface area contributed by atoms with Crippen molar-refractivity contribution in [3.8, 4) is 5.75 Å². The number of phenolic OH excluding ortho intramolecular Hbond substituents is 1. The van der Waals surface area contributed by atoms with Crippen LogP contribution in [0, 0.1) is 5.82 Å². The van der Waals surface area contributed by atoms with E-state index >= 15 is 0 Å². The van der Waals surface area contributed by atoms with Crippen molar-refractivity contribution in [1.29, 1.82) is 0 Å². The maximum Gasteiger partial charge on any atom is 0.416 e. The Morgan fingerprint density at radius 2 is 1.79 bits per heavy atom. The summed E-state index contributed by atoms with van der Waals surface area (Å²) in [6.07, 6.45) is -3.27. The van der Waals surface area contributed by atoms with E-state index in [0.29, 0.717) is 32.7 Å². The molecule has 0 spiro atoms. The summed E-state index contributed by atoms with van der Waals surface area (Å²) in [5.74, 6) is -1.30. The third kappa shape index (κ3) is 5.87. The zero-order valence-corrected chi connectivity index (χ0v) is 18.7. The molecule has 34 heavy (non-hydrogen) atoms. The Balaban J connectivity index is 1.35. The molecule has 0 saturated carbocycles. The van der Waals surface area contributed by atoms with Crippen LogP contribution in [-0.2, 0) is 12.7 Å². The molecule has 2 aromatic carbocycles. The molecule has 0 atom stereocenters. The number of alkyl halides is 3. The van der Waals surface area contributed by atoms with E-state index in [2.05, 4.69) is 9.88 Å². The van der Waals surface area contributed by atoms with Gasteiger partial charge in [0, 0.05) is 43.8 Å². The number of aromatic nitrogens is 1. The van der Waals surface area contributed by atoms with Crippen molar-refractivity contribution in [2.75, 3.05) is 26.2 Å². The van der Waals surface area contributed by atoms with Crippen molar-refractivity contribution in [2.24, 2.45) is 0 Å². The van der Waals surface area contributed by atoms with Gasteiger partial charge in [-0.2, -0.15) is 13.2 Å². The number of phenols is 1. The van der Waals surface area contributed by atoms with Crippen molar-refractivity contribution < 1.29 is 27.5 Å². The van der Waals surface area contributed by atoms with Crippen LogP contribution in [0.15, 0.2) is 70.7 Å².